The number of benzene rings is 1. The summed E-state index contributed by atoms with van der Waals surface area (Å²) < 4.78 is 31.1. The minimum atomic E-state index is -2.02. The van der Waals surface area contributed by atoms with Crippen LogP contribution < -0.4 is 0 Å². The van der Waals surface area contributed by atoms with Crippen LogP contribution in [0.2, 0.25) is 0 Å². The summed E-state index contributed by atoms with van der Waals surface area (Å²) in [7, 11) is 5.24. The smallest absolute Gasteiger partial charge is 0.338 e. The summed E-state index contributed by atoms with van der Waals surface area (Å²) in [5.74, 6) is -4.27. The van der Waals surface area contributed by atoms with E-state index in [-0.39, 0.29) is 36.3 Å². The molecule has 0 aliphatic carbocycles. The summed E-state index contributed by atoms with van der Waals surface area (Å²) >= 11 is 0. The number of hydrogen-bond donors (Lipinski definition) is 3. The number of aliphatic hydroxyl groups excluding tert-OH is 2. The second-order valence-corrected chi connectivity index (χ2v) is 14.3. The lowest BCUT2D eigenvalue weighted by Gasteiger charge is -2.48. The first-order valence-electron chi connectivity index (χ1n) is 17.2. The molecule has 0 saturated carbocycles. The number of likely N-dealkylation sites (N-methyl/N-ethyl adjacent to an activating group) is 1. The zero-order valence-electron chi connectivity index (χ0n) is 30.6. The highest BCUT2D eigenvalue weighted by Gasteiger charge is 2.51. The maximum absolute atomic E-state index is 13.7. The number of esters is 2. The Morgan fingerprint density at radius 2 is 1.73 bits per heavy atom. The Morgan fingerprint density at radius 1 is 1.10 bits per heavy atom. The Kier molecular flexibility index (Phi) is 14.1. The Balaban J connectivity index is 2.13. The fourth-order valence-electron chi connectivity index (χ4n) is 7.15. The van der Waals surface area contributed by atoms with E-state index in [1.165, 1.54) is 27.0 Å². The number of ether oxygens (including phenoxy) is 5. The van der Waals surface area contributed by atoms with Crippen LogP contribution in [0.5, 0.6) is 0 Å². The minimum Gasteiger partial charge on any atom is -0.459 e. The first kappa shape index (κ1) is 40.7. The number of ketones is 1. The summed E-state index contributed by atoms with van der Waals surface area (Å²) in [6.45, 7) is 11.0. The molecule has 1 fully saturated rings. The number of carbonyl (C=O) groups excluding carboxylic acids is 3. The number of hydrogen-bond acceptors (Lipinski definition) is 12. The molecule has 0 spiro atoms. The average Bonchev–Trinajstić information content (AvgIpc) is 3.08. The van der Waals surface area contributed by atoms with Gasteiger partial charge in [0.15, 0.2) is 18.2 Å². The van der Waals surface area contributed by atoms with Gasteiger partial charge in [0, 0.05) is 18.9 Å². The minimum absolute atomic E-state index is 0.108. The lowest BCUT2D eigenvalue weighted by molar-refractivity contribution is -0.300. The van der Waals surface area contributed by atoms with Gasteiger partial charge in [0.2, 0.25) is 0 Å². The van der Waals surface area contributed by atoms with Crippen molar-refractivity contribution >= 4 is 17.7 Å². The van der Waals surface area contributed by atoms with E-state index in [1.54, 1.807) is 58.0 Å². The number of carbonyl (C=O) groups is 3. The quantitative estimate of drug-likeness (QED) is 0.342. The number of rotatable bonds is 8. The standard InChI is InChI=1S/C37H57NO11/c1-11-28-37(44,20-39)19-22(3)29(40)21(2)18-36(7,45-10)32(24(5)30(41)25(6)33(42)47-28)49-35-31(27(38(8)9)17-23(4)46-35)48-34(43)26-15-13-12-14-16-26/h12-16,19,21,23-25,27-28,30-32,35,39,41,44H,11,17-18,20H2,1-10H3/b22-19+/t21-,23-,24+,25-,27+,28-,30+,31-,32-,35+,36-,37-/m1/s1. The van der Waals surface area contributed by atoms with Crippen LogP contribution in [0.25, 0.3) is 0 Å². The number of aliphatic hydroxyl groups is 3. The van der Waals surface area contributed by atoms with Gasteiger partial charge >= 0.3 is 11.9 Å². The SMILES string of the molecule is CC[C@H]1OC(=O)[C@H](C)[C@@H](O)[C@H](C)[C@@H](O[C@@H]2O[C@H](C)C[C@H](N(C)C)[C@H]2OC(=O)c2ccccc2)[C@](C)(OC)C[C@@H](C)C(=O)/C(C)=C/[C@@]1(O)CO. The molecule has 0 unspecified atom stereocenters. The molecule has 276 valence electrons. The second kappa shape index (κ2) is 17.0. The second-order valence-electron chi connectivity index (χ2n) is 14.3. The van der Waals surface area contributed by atoms with Gasteiger partial charge in [-0.1, -0.05) is 39.0 Å². The van der Waals surface area contributed by atoms with Crippen LogP contribution in [0.3, 0.4) is 0 Å². The molecular weight excluding hydrogens is 634 g/mol. The number of cyclic esters (lactones) is 1. The molecule has 0 aromatic heterocycles. The summed E-state index contributed by atoms with van der Waals surface area (Å²) in [4.78, 5) is 42.6. The van der Waals surface area contributed by atoms with Crippen LogP contribution in [0.15, 0.2) is 42.0 Å². The summed E-state index contributed by atoms with van der Waals surface area (Å²) in [5.41, 5.74) is -2.74. The van der Waals surface area contributed by atoms with Crippen molar-refractivity contribution in [3.8, 4) is 0 Å². The topological polar surface area (TPSA) is 161 Å². The van der Waals surface area contributed by atoms with Gasteiger partial charge in [0.25, 0.3) is 0 Å². The summed E-state index contributed by atoms with van der Waals surface area (Å²) in [6.07, 6.45) is -3.82. The van der Waals surface area contributed by atoms with Gasteiger partial charge in [0.05, 0.1) is 48.0 Å². The average molecular weight is 692 g/mol. The zero-order chi connectivity index (χ0) is 36.8. The predicted octanol–water partition coefficient (Wildman–Crippen LogP) is 3.30. The van der Waals surface area contributed by atoms with Gasteiger partial charge in [-0.2, -0.15) is 0 Å². The molecule has 49 heavy (non-hydrogen) atoms. The van der Waals surface area contributed by atoms with Crippen molar-refractivity contribution in [2.75, 3.05) is 27.8 Å². The molecule has 0 bridgehead atoms. The monoisotopic (exact) mass is 691 g/mol. The van der Waals surface area contributed by atoms with Crippen molar-refractivity contribution in [3.63, 3.8) is 0 Å². The fourth-order valence-corrected chi connectivity index (χ4v) is 7.15. The molecule has 2 aliphatic rings. The van der Waals surface area contributed by atoms with Crippen molar-refractivity contribution in [3.05, 3.63) is 47.5 Å². The Labute approximate surface area is 290 Å². The van der Waals surface area contributed by atoms with Gasteiger partial charge in [-0.25, -0.2) is 4.79 Å². The molecule has 1 aromatic rings. The highest BCUT2D eigenvalue weighted by molar-refractivity contribution is 5.96. The molecular formula is C37H57NO11. The first-order valence-corrected chi connectivity index (χ1v) is 17.2. The van der Waals surface area contributed by atoms with Crippen molar-refractivity contribution in [1.29, 1.82) is 0 Å². The lowest BCUT2D eigenvalue weighted by atomic mass is 9.76. The van der Waals surface area contributed by atoms with E-state index < -0.39 is 78.2 Å². The van der Waals surface area contributed by atoms with Crippen LogP contribution in [0.1, 0.15) is 78.1 Å². The van der Waals surface area contributed by atoms with E-state index in [0.717, 1.165) is 0 Å². The molecule has 0 amide bonds. The van der Waals surface area contributed by atoms with Crippen LogP contribution >= 0.6 is 0 Å². The van der Waals surface area contributed by atoms with Crippen molar-refractivity contribution in [2.24, 2.45) is 17.8 Å². The largest absolute Gasteiger partial charge is 0.459 e. The van der Waals surface area contributed by atoms with E-state index in [0.29, 0.717) is 12.0 Å². The molecule has 3 N–H and O–H groups in total. The third-order valence-electron chi connectivity index (χ3n) is 10.2. The molecule has 2 aliphatic heterocycles. The number of allylic oxidation sites excluding steroid dienone is 1. The van der Waals surface area contributed by atoms with Gasteiger partial charge in [0.1, 0.15) is 11.7 Å². The normalized spacial score (nSPS) is 39.4. The van der Waals surface area contributed by atoms with E-state index in [4.69, 9.17) is 23.7 Å². The van der Waals surface area contributed by atoms with E-state index in [9.17, 15) is 29.7 Å². The first-order chi connectivity index (χ1) is 22.9. The predicted molar refractivity (Wildman–Crippen MR) is 181 cm³/mol. The Morgan fingerprint density at radius 3 is 2.29 bits per heavy atom. The van der Waals surface area contributed by atoms with Crippen LogP contribution in [0.4, 0.5) is 0 Å². The Hall–Kier alpha value is -2.71. The van der Waals surface area contributed by atoms with E-state index >= 15 is 0 Å². The zero-order valence-corrected chi connectivity index (χ0v) is 30.6. The highest BCUT2D eigenvalue weighted by atomic mass is 16.7. The molecule has 12 atom stereocenters. The Bertz CT molecular complexity index is 1300. The van der Waals surface area contributed by atoms with Gasteiger partial charge in [-0.15, -0.1) is 0 Å². The third-order valence-corrected chi connectivity index (χ3v) is 10.2. The summed E-state index contributed by atoms with van der Waals surface area (Å²) in [6, 6.07) is 8.31. The van der Waals surface area contributed by atoms with Crippen LogP contribution in [0, 0.1) is 17.8 Å². The fraction of sp³-hybridized carbons (Fsp3) is 0.703. The molecule has 1 aromatic carbocycles. The molecule has 12 nitrogen and oxygen atoms in total. The van der Waals surface area contributed by atoms with Gasteiger partial charge < -0.3 is 43.9 Å². The van der Waals surface area contributed by atoms with Gasteiger partial charge in [-0.3, -0.25) is 9.59 Å². The summed E-state index contributed by atoms with van der Waals surface area (Å²) in [5, 5.41) is 33.3. The molecule has 2 heterocycles. The van der Waals surface area contributed by atoms with Crippen LogP contribution in [-0.2, 0) is 33.3 Å². The van der Waals surface area contributed by atoms with Crippen molar-refractivity contribution in [1.82, 2.24) is 4.90 Å². The van der Waals surface area contributed by atoms with Crippen molar-refractivity contribution < 1.29 is 53.4 Å². The molecule has 3 rings (SSSR count). The van der Waals surface area contributed by atoms with Crippen LogP contribution in [-0.4, -0.2) is 120 Å². The van der Waals surface area contributed by atoms with E-state index in [2.05, 4.69) is 0 Å². The molecule has 0 radical (unpaired) electrons. The van der Waals surface area contributed by atoms with E-state index in [1.807, 2.05) is 25.9 Å². The number of methoxy groups -OCH3 is 1. The molecule has 12 heteroatoms. The maximum Gasteiger partial charge on any atom is 0.338 e. The lowest BCUT2D eigenvalue weighted by Crippen LogP contribution is -2.60. The third kappa shape index (κ3) is 9.35. The maximum atomic E-state index is 13.7. The number of Topliss-reactive ketones (excluding diaryl/α,β-unsaturated/α-hetero) is 1. The highest BCUT2D eigenvalue weighted by Crippen LogP contribution is 2.39. The van der Waals surface area contributed by atoms with Gasteiger partial charge in [-0.05, 0) is 84.8 Å². The molecule has 1 saturated heterocycles. The van der Waals surface area contributed by atoms with Crippen molar-refractivity contribution in [2.45, 2.75) is 122 Å². The number of nitrogens with zero attached hydrogens (tertiary/aromatic N) is 1.